The van der Waals surface area contributed by atoms with Gasteiger partial charge < -0.3 is 0 Å². The van der Waals surface area contributed by atoms with Crippen molar-refractivity contribution in [2.75, 3.05) is 0 Å². The molecule has 0 aromatic carbocycles. The number of hydrogen-bond acceptors (Lipinski definition) is 0. The van der Waals surface area contributed by atoms with Gasteiger partial charge in [0.25, 0.3) is 0 Å². The van der Waals surface area contributed by atoms with Gasteiger partial charge in [0.15, 0.2) is 0 Å². The lowest BCUT2D eigenvalue weighted by molar-refractivity contribution is -0.0910. The number of rotatable bonds is 2. The molecule has 0 amide bonds. The molecule has 0 aromatic heterocycles. The summed E-state index contributed by atoms with van der Waals surface area (Å²) in [6.07, 6.45) is -2.51. The Balaban J connectivity index is 5.06. The van der Waals surface area contributed by atoms with Crippen molar-refractivity contribution in [3.8, 4) is 0 Å². The van der Waals surface area contributed by atoms with E-state index in [1.54, 1.807) is 6.92 Å². The third kappa shape index (κ3) is 3.92. The van der Waals surface area contributed by atoms with E-state index in [-0.39, 0.29) is 0 Å². The summed E-state index contributed by atoms with van der Waals surface area (Å²) in [7, 11) is 0. The Morgan fingerprint density at radius 1 is 1.31 bits per heavy atom. The van der Waals surface area contributed by atoms with Crippen molar-refractivity contribution in [2.45, 2.75) is 20.0 Å². The average molecular weight is 194 g/mol. The van der Waals surface area contributed by atoms with E-state index < -0.39 is 17.6 Å². The number of hydrogen-bond donors (Lipinski definition) is 0. The monoisotopic (exact) mass is 194 g/mol. The van der Waals surface area contributed by atoms with Gasteiger partial charge >= 0.3 is 6.18 Å². The van der Waals surface area contributed by atoms with E-state index in [2.05, 4.69) is 6.58 Å². The molecule has 4 heteroatoms. The van der Waals surface area contributed by atoms with E-state index in [0.29, 0.717) is 5.57 Å². The van der Waals surface area contributed by atoms with Crippen LogP contribution in [0.3, 0.4) is 0 Å². The van der Waals surface area contributed by atoms with Gasteiger partial charge in [0.2, 0.25) is 0 Å². The Labute approximate surface area is 74.3 Å². The first-order valence-electron chi connectivity index (χ1n) is 3.55. The Morgan fingerprint density at radius 2 is 1.77 bits per heavy atom. The highest BCUT2D eigenvalue weighted by atomic mass is 19.4. The van der Waals surface area contributed by atoms with Crippen LogP contribution in [-0.2, 0) is 0 Å². The van der Waals surface area contributed by atoms with Gasteiger partial charge in [-0.25, -0.2) is 4.39 Å². The quantitative estimate of drug-likeness (QED) is 0.461. The van der Waals surface area contributed by atoms with Crippen molar-refractivity contribution in [2.24, 2.45) is 0 Å². The van der Waals surface area contributed by atoms with Crippen molar-refractivity contribution in [3.05, 3.63) is 35.7 Å². The zero-order chi connectivity index (χ0) is 10.6. The molecule has 0 atom stereocenters. The van der Waals surface area contributed by atoms with Crippen LogP contribution in [0.2, 0.25) is 0 Å². The summed E-state index contributed by atoms with van der Waals surface area (Å²) >= 11 is 0. The van der Waals surface area contributed by atoms with Crippen molar-refractivity contribution in [1.82, 2.24) is 0 Å². The molecular weight excluding hydrogens is 184 g/mol. The SMILES string of the molecule is C=C(F)/C(=C\C(C)=C/C)C(F)(F)F. The zero-order valence-corrected chi connectivity index (χ0v) is 7.37. The lowest BCUT2D eigenvalue weighted by atomic mass is 10.1. The van der Waals surface area contributed by atoms with Crippen LogP contribution in [0.1, 0.15) is 13.8 Å². The van der Waals surface area contributed by atoms with Crippen LogP contribution >= 0.6 is 0 Å². The highest BCUT2D eigenvalue weighted by Crippen LogP contribution is 2.31. The van der Waals surface area contributed by atoms with Crippen molar-refractivity contribution < 1.29 is 17.6 Å². The van der Waals surface area contributed by atoms with Crippen molar-refractivity contribution in [3.63, 3.8) is 0 Å². The molecule has 0 aliphatic rings. The van der Waals surface area contributed by atoms with Crippen LogP contribution < -0.4 is 0 Å². The maximum absolute atomic E-state index is 12.3. The molecule has 74 valence electrons. The average Bonchev–Trinajstić information content (AvgIpc) is 1.96. The van der Waals surface area contributed by atoms with E-state index in [1.807, 2.05) is 0 Å². The predicted molar refractivity (Wildman–Crippen MR) is 43.8 cm³/mol. The fourth-order valence-corrected chi connectivity index (χ4v) is 0.625. The first kappa shape index (κ1) is 11.9. The van der Waals surface area contributed by atoms with Gasteiger partial charge in [-0.15, -0.1) is 0 Å². The molecule has 0 nitrogen and oxygen atoms in total. The lowest BCUT2D eigenvalue weighted by Crippen LogP contribution is -2.12. The second-order valence-electron chi connectivity index (χ2n) is 2.49. The Kier molecular flexibility index (Phi) is 3.91. The topological polar surface area (TPSA) is 0 Å². The molecule has 0 aromatic rings. The molecule has 0 saturated carbocycles. The third-order valence-electron chi connectivity index (χ3n) is 1.43. The maximum atomic E-state index is 12.3. The minimum Gasteiger partial charge on any atom is -0.207 e. The minimum absolute atomic E-state index is 0.339. The van der Waals surface area contributed by atoms with Gasteiger partial charge in [-0.1, -0.05) is 18.2 Å². The summed E-state index contributed by atoms with van der Waals surface area (Å²) in [5, 5.41) is 0. The minimum atomic E-state index is -4.68. The highest BCUT2D eigenvalue weighted by molar-refractivity contribution is 5.34. The van der Waals surface area contributed by atoms with E-state index in [4.69, 9.17) is 0 Å². The van der Waals surface area contributed by atoms with E-state index in [1.165, 1.54) is 13.0 Å². The Hall–Kier alpha value is -1.06. The third-order valence-corrected chi connectivity index (χ3v) is 1.43. The summed E-state index contributed by atoms with van der Waals surface area (Å²) in [6, 6.07) is 0. The predicted octanol–water partition coefficient (Wildman–Crippen LogP) is 3.92. The molecule has 0 rings (SSSR count). The Morgan fingerprint density at radius 3 is 2.00 bits per heavy atom. The molecule has 0 spiro atoms. The first-order chi connectivity index (χ1) is 5.79. The van der Waals surface area contributed by atoms with E-state index >= 15 is 0 Å². The first-order valence-corrected chi connectivity index (χ1v) is 3.55. The summed E-state index contributed by atoms with van der Waals surface area (Å²) in [5.74, 6) is -1.46. The van der Waals surface area contributed by atoms with Gasteiger partial charge in [-0.05, 0) is 19.9 Å². The zero-order valence-electron chi connectivity index (χ0n) is 7.37. The summed E-state index contributed by atoms with van der Waals surface area (Å²) in [6.45, 7) is 5.65. The Bertz CT molecular complexity index is 255. The van der Waals surface area contributed by atoms with E-state index in [0.717, 1.165) is 6.08 Å². The van der Waals surface area contributed by atoms with Crippen LogP contribution in [0.4, 0.5) is 17.6 Å². The highest BCUT2D eigenvalue weighted by Gasteiger charge is 2.35. The smallest absolute Gasteiger partial charge is 0.207 e. The van der Waals surface area contributed by atoms with Crippen LogP contribution in [0, 0.1) is 0 Å². The molecule has 0 unspecified atom stereocenters. The number of allylic oxidation sites excluding steroid dienone is 5. The maximum Gasteiger partial charge on any atom is 0.419 e. The van der Waals surface area contributed by atoms with Crippen LogP contribution in [-0.4, -0.2) is 6.18 Å². The van der Waals surface area contributed by atoms with E-state index in [9.17, 15) is 17.6 Å². The molecule has 13 heavy (non-hydrogen) atoms. The second-order valence-corrected chi connectivity index (χ2v) is 2.49. The van der Waals surface area contributed by atoms with Crippen molar-refractivity contribution >= 4 is 0 Å². The van der Waals surface area contributed by atoms with Gasteiger partial charge in [-0.3, -0.25) is 0 Å². The largest absolute Gasteiger partial charge is 0.419 e. The molecular formula is C9H10F4. The normalized spacial score (nSPS) is 14.6. The number of halogens is 4. The molecule has 0 saturated heterocycles. The van der Waals surface area contributed by atoms with Crippen LogP contribution in [0.15, 0.2) is 35.7 Å². The fraction of sp³-hybridized carbons (Fsp3) is 0.333. The standard InChI is InChI=1S/C9H10F4/c1-4-6(2)5-8(7(3)10)9(11,12)13/h4-5H,3H2,1-2H3/b6-4-,8-5+. The second kappa shape index (κ2) is 4.25. The molecule has 0 N–H and O–H groups in total. The molecule has 0 radical (unpaired) electrons. The van der Waals surface area contributed by atoms with Gasteiger partial charge in [0.05, 0.1) is 5.57 Å². The van der Waals surface area contributed by atoms with Crippen LogP contribution in [0.5, 0.6) is 0 Å². The molecule has 0 bridgehead atoms. The van der Waals surface area contributed by atoms with Gasteiger partial charge in [-0.2, -0.15) is 13.2 Å². The molecule has 0 aliphatic carbocycles. The molecule has 0 heterocycles. The summed E-state index contributed by atoms with van der Waals surface area (Å²) in [4.78, 5) is 0. The lowest BCUT2D eigenvalue weighted by Gasteiger charge is -2.08. The van der Waals surface area contributed by atoms with Crippen molar-refractivity contribution in [1.29, 1.82) is 0 Å². The fourth-order valence-electron chi connectivity index (χ4n) is 0.625. The number of alkyl halides is 3. The van der Waals surface area contributed by atoms with Gasteiger partial charge in [0, 0.05) is 0 Å². The van der Waals surface area contributed by atoms with Crippen LogP contribution in [0.25, 0.3) is 0 Å². The molecule has 0 fully saturated rings. The summed E-state index contributed by atoms with van der Waals surface area (Å²) in [5.41, 5.74) is -0.991. The molecule has 0 aliphatic heterocycles. The van der Waals surface area contributed by atoms with Gasteiger partial charge in [0.1, 0.15) is 5.83 Å². The summed E-state index contributed by atoms with van der Waals surface area (Å²) < 4.78 is 48.6.